The highest BCUT2D eigenvalue weighted by Crippen LogP contribution is 2.34. The van der Waals surface area contributed by atoms with Crippen molar-refractivity contribution < 1.29 is 9.59 Å². The first-order chi connectivity index (χ1) is 13.1. The van der Waals surface area contributed by atoms with Crippen LogP contribution in [-0.4, -0.2) is 23.3 Å². The van der Waals surface area contributed by atoms with Crippen molar-refractivity contribution >= 4 is 44.8 Å². The van der Waals surface area contributed by atoms with Crippen molar-refractivity contribution in [2.75, 3.05) is 6.54 Å². The van der Waals surface area contributed by atoms with Crippen molar-refractivity contribution in [3.8, 4) is 0 Å². The summed E-state index contributed by atoms with van der Waals surface area (Å²) in [7, 11) is 0. The van der Waals surface area contributed by atoms with Crippen LogP contribution in [0.15, 0.2) is 48.5 Å². The van der Waals surface area contributed by atoms with Crippen LogP contribution in [0.4, 0.5) is 0 Å². The van der Waals surface area contributed by atoms with Crippen molar-refractivity contribution in [1.82, 2.24) is 10.2 Å². The topological polar surface area (TPSA) is 49.4 Å². The van der Waals surface area contributed by atoms with E-state index in [-0.39, 0.29) is 11.8 Å². The van der Waals surface area contributed by atoms with Gasteiger partial charge in [0, 0.05) is 36.1 Å². The van der Waals surface area contributed by atoms with Crippen LogP contribution in [0.25, 0.3) is 10.1 Å². The number of nitrogens with one attached hydrogen (secondary N) is 1. The fourth-order valence-corrected chi connectivity index (χ4v) is 4.78. The smallest absolute Gasteiger partial charge is 0.262 e. The molecule has 0 fully saturated rings. The maximum Gasteiger partial charge on any atom is 0.262 e. The Morgan fingerprint density at radius 2 is 1.70 bits per heavy atom. The fraction of sp³-hybridized carbons (Fsp3) is 0.238. The zero-order chi connectivity index (χ0) is 18.8. The Bertz CT molecular complexity index is 989. The molecule has 0 unspecified atom stereocenters. The second-order valence-corrected chi connectivity index (χ2v) is 8.05. The van der Waals surface area contributed by atoms with Gasteiger partial charge in [-0.05, 0) is 23.6 Å². The van der Waals surface area contributed by atoms with E-state index < -0.39 is 0 Å². The number of benzene rings is 2. The molecular weight excluding hydrogens is 380 g/mol. The van der Waals surface area contributed by atoms with Crippen LogP contribution in [0, 0.1) is 0 Å². The van der Waals surface area contributed by atoms with Crippen LogP contribution < -0.4 is 5.32 Å². The van der Waals surface area contributed by atoms with Crippen molar-refractivity contribution in [2.45, 2.75) is 25.9 Å². The maximum atomic E-state index is 12.4. The van der Waals surface area contributed by atoms with Crippen molar-refractivity contribution in [1.29, 1.82) is 0 Å². The van der Waals surface area contributed by atoms with Crippen LogP contribution in [0.2, 0.25) is 5.02 Å². The number of amides is 2. The lowest BCUT2D eigenvalue weighted by Crippen LogP contribution is -2.28. The van der Waals surface area contributed by atoms with E-state index in [0.29, 0.717) is 42.4 Å². The Hall–Kier alpha value is -2.37. The van der Waals surface area contributed by atoms with Gasteiger partial charge in [-0.3, -0.25) is 9.59 Å². The standard InChI is InChI=1S/C21H19ClN2O2S/c22-19-16-8-3-4-9-17(16)27-20(19)21(26)23-11-5-10-18(25)24-12-14-6-1-2-7-15(14)13-24/h1-4,6-9H,5,10-13H2,(H,23,26). The zero-order valence-corrected chi connectivity index (χ0v) is 16.3. The molecule has 2 heterocycles. The Morgan fingerprint density at radius 3 is 2.41 bits per heavy atom. The van der Waals surface area contributed by atoms with E-state index >= 15 is 0 Å². The van der Waals surface area contributed by atoms with E-state index in [1.807, 2.05) is 41.3 Å². The van der Waals surface area contributed by atoms with E-state index in [1.54, 1.807) is 0 Å². The van der Waals surface area contributed by atoms with Gasteiger partial charge in [0.25, 0.3) is 5.91 Å². The molecule has 1 aromatic heterocycles. The number of hydrogen-bond acceptors (Lipinski definition) is 3. The number of carbonyl (C=O) groups is 2. The first-order valence-electron chi connectivity index (χ1n) is 8.93. The van der Waals surface area contributed by atoms with Gasteiger partial charge in [-0.25, -0.2) is 0 Å². The summed E-state index contributed by atoms with van der Waals surface area (Å²) in [5.41, 5.74) is 2.44. The lowest BCUT2D eigenvalue weighted by atomic mass is 10.1. The van der Waals surface area contributed by atoms with E-state index in [9.17, 15) is 9.59 Å². The molecule has 1 aliphatic heterocycles. The number of thiophene rings is 1. The molecule has 6 heteroatoms. The molecule has 0 spiro atoms. The minimum atomic E-state index is -0.178. The second kappa shape index (κ2) is 7.71. The zero-order valence-electron chi connectivity index (χ0n) is 14.7. The van der Waals surface area contributed by atoms with Crippen LogP contribution in [0.1, 0.15) is 33.6 Å². The molecule has 3 aromatic rings. The highest BCUT2D eigenvalue weighted by atomic mass is 35.5. The molecule has 27 heavy (non-hydrogen) atoms. The lowest BCUT2D eigenvalue weighted by Gasteiger charge is -2.15. The van der Waals surface area contributed by atoms with E-state index in [4.69, 9.17) is 11.6 Å². The molecule has 1 aliphatic rings. The maximum absolute atomic E-state index is 12.4. The summed E-state index contributed by atoms with van der Waals surface area (Å²) in [5, 5.41) is 4.28. The number of carbonyl (C=O) groups excluding carboxylic acids is 2. The molecule has 4 rings (SSSR count). The molecule has 4 nitrogen and oxygen atoms in total. The molecule has 138 valence electrons. The minimum Gasteiger partial charge on any atom is -0.351 e. The second-order valence-electron chi connectivity index (χ2n) is 6.62. The van der Waals surface area contributed by atoms with Crippen LogP contribution in [-0.2, 0) is 17.9 Å². The van der Waals surface area contributed by atoms with Crippen molar-refractivity contribution in [3.05, 3.63) is 69.6 Å². The highest BCUT2D eigenvalue weighted by Gasteiger charge is 2.22. The summed E-state index contributed by atoms with van der Waals surface area (Å²) in [4.78, 5) is 27.2. The average molecular weight is 399 g/mol. The van der Waals surface area contributed by atoms with Gasteiger partial charge in [-0.1, -0.05) is 54.1 Å². The Labute approximate surface area is 166 Å². The summed E-state index contributed by atoms with van der Waals surface area (Å²) < 4.78 is 0.997. The lowest BCUT2D eigenvalue weighted by molar-refractivity contribution is -0.131. The van der Waals surface area contributed by atoms with E-state index in [0.717, 1.165) is 10.1 Å². The van der Waals surface area contributed by atoms with Crippen molar-refractivity contribution in [3.63, 3.8) is 0 Å². The number of fused-ring (bicyclic) bond motifs is 2. The number of hydrogen-bond donors (Lipinski definition) is 1. The molecule has 2 amide bonds. The molecular formula is C21H19ClN2O2S. The third-order valence-electron chi connectivity index (χ3n) is 4.79. The molecule has 2 aromatic carbocycles. The number of rotatable bonds is 5. The van der Waals surface area contributed by atoms with Gasteiger partial charge in [0.15, 0.2) is 0 Å². The predicted octanol–water partition coefficient (Wildman–Crippen LogP) is 4.61. The third-order valence-corrected chi connectivity index (χ3v) is 6.46. The summed E-state index contributed by atoms with van der Waals surface area (Å²) in [6, 6.07) is 15.8. The summed E-state index contributed by atoms with van der Waals surface area (Å²) in [6.07, 6.45) is 1.04. The minimum absolute atomic E-state index is 0.125. The largest absolute Gasteiger partial charge is 0.351 e. The first kappa shape index (κ1) is 18.0. The van der Waals surface area contributed by atoms with Gasteiger partial charge in [0.05, 0.1) is 5.02 Å². The summed E-state index contributed by atoms with van der Waals surface area (Å²) in [6.45, 7) is 1.81. The Balaban J connectivity index is 1.27. The normalized spacial score (nSPS) is 13.0. The number of halogens is 1. The van der Waals surface area contributed by atoms with Gasteiger partial charge in [0.1, 0.15) is 4.88 Å². The summed E-state index contributed by atoms with van der Waals surface area (Å²) >= 11 is 7.72. The number of nitrogens with zero attached hydrogens (tertiary/aromatic N) is 1. The van der Waals surface area contributed by atoms with Gasteiger partial charge >= 0.3 is 0 Å². The fourth-order valence-electron chi connectivity index (χ4n) is 3.35. The highest BCUT2D eigenvalue weighted by molar-refractivity contribution is 7.21. The molecule has 0 aliphatic carbocycles. The van der Waals surface area contributed by atoms with Gasteiger partial charge in [0.2, 0.25) is 5.91 Å². The Morgan fingerprint density at radius 1 is 1.04 bits per heavy atom. The molecule has 0 saturated carbocycles. The molecule has 0 atom stereocenters. The SMILES string of the molecule is O=C(NCCCC(=O)N1Cc2ccccc2C1)c1sc2ccccc2c1Cl. The molecule has 1 N–H and O–H groups in total. The van der Waals surface area contributed by atoms with Crippen molar-refractivity contribution in [2.24, 2.45) is 0 Å². The predicted molar refractivity (Wildman–Crippen MR) is 109 cm³/mol. The Kier molecular flexibility index (Phi) is 5.14. The monoisotopic (exact) mass is 398 g/mol. The van der Waals surface area contributed by atoms with Crippen LogP contribution in [0.3, 0.4) is 0 Å². The molecule has 0 saturated heterocycles. The van der Waals surface area contributed by atoms with Gasteiger partial charge < -0.3 is 10.2 Å². The van der Waals surface area contributed by atoms with E-state index in [1.165, 1.54) is 22.5 Å². The molecule has 0 radical (unpaired) electrons. The van der Waals surface area contributed by atoms with Crippen LogP contribution in [0.5, 0.6) is 0 Å². The van der Waals surface area contributed by atoms with Gasteiger partial charge in [-0.2, -0.15) is 0 Å². The quantitative estimate of drug-likeness (QED) is 0.638. The van der Waals surface area contributed by atoms with Crippen LogP contribution >= 0.6 is 22.9 Å². The van der Waals surface area contributed by atoms with E-state index in [2.05, 4.69) is 17.4 Å². The third kappa shape index (κ3) is 3.70. The average Bonchev–Trinajstić information content (AvgIpc) is 3.27. The summed E-state index contributed by atoms with van der Waals surface area (Å²) in [5.74, 6) is -0.0532. The first-order valence-corrected chi connectivity index (χ1v) is 10.1. The molecule has 0 bridgehead atoms. The van der Waals surface area contributed by atoms with Gasteiger partial charge in [-0.15, -0.1) is 11.3 Å².